The summed E-state index contributed by atoms with van der Waals surface area (Å²) in [6, 6.07) is 14.6. The first-order valence-electron chi connectivity index (χ1n) is 7.93. The average molecular weight is 345 g/mol. The lowest BCUT2D eigenvalue weighted by molar-refractivity contribution is -0.612. The maximum atomic E-state index is 12.5. The van der Waals surface area contributed by atoms with Crippen molar-refractivity contribution in [1.82, 2.24) is 19.9 Å². The van der Waals surface area contributed by atoms with Gasteiger partial charge in [0.15, 0.2) is 0 Å². The molecule has 4 heterocycles. The van der Waals surface area contributed by atoms with Gasteiger partial charge in [-0.3, -0.25) is 9.78 Å². The second-order valence-corrected chi connectivity index (χ2v) is 5.37. The van der Waals surface area contributed by atoms with E-state index in [0.29, 0.717) is 17.5 Å². The zero-order chi connectivity index (χ0) is 17.8. The van der Waals surface area contributed by atoms with Crippen molar-refractivity contribution >= 4 is 5.91 Å². The molecule has 4 aromatic heterocycles. The van der Waals surface area contributed by atoms with Crippen LogP contribution in [0.5, 0.6) is 0 Å². The Hall–Kier alpha value is -3.94. The predicted octanol–water partition coefficient (Wildman–Crippen LogP) is 0.610. The van der Waals surface area contributed by atoms with Crippen LogP contribution in [0.4, 0.5) is 0 Å². The molecule has 0 aliphatic heterocycles. The molecule has 0 fully saturated rings. The van der Waals surface area contributed by atoms with Crippen molar-refractivity contribution in [3.05, 3.63) is 91.3 Å². The van der Waals surface area contributed by atoms with E-state index >= 15 is 0 Å². The van der Waals surface area contributed by atoms with E-state index < -0.39 is 0 Å². The monoisotopic (exact) mass is 345 g/mol. The Balaban J connectivity index is 1.75. The number of hydrogen-bond donors (Lipinski definition) is 1. The molecular formula is C18H15N7O+2. The van der Waals surface area contributed by atoms with Crippen molar-refractivity contribution in [3.8, 4) is 11.9 Å². The van der Waals surface area contributed by atoms with E-state index in [1.807, 2.05) is 61.2 Å². The molecule has 0 radical (unpaired) electrons. The van der Waals surface area contributed by atoms with Crippen LogP contribution in [-0.4, -0.2) is 25.8 Å². The summed E-state index contributed by atoms with van der Waals surface area (Å²) in [5, 5.41) is 4.42. The highest BCUT2D eigenvalue weighted by Gasteiger charge is 2.29. The molecule has 0 unspecified atom stereocenters. The van der Waals surface area contributed by atoms with Gasteiger partial charge in [0.2, 0.25) is 0 Å². The minimum absolute atomic E-state index is 0.306. The largest absolute Gasteiger partial charge is 0.480 e. The molecule has 0 saturated carbocycles. The minimum Gasteiger partial charge on any atom is -0.266 e. The van der Waals surface area contributed by atoms with Crippen molar-refractivity contribution < 1.29 is 13.9 Å². The lowest BCUT2D eigenvalue weighted by Gasteiger charge is -2.00. The van der Waals surface area contributed by atoms with Crippen LogP contribution < -0.4 is 14.6 Å². The van der Waals surface area contributed by atoms with Gasteiger partial charge >= 0.3 is 11.9 Å². The molecule has 0 spiro atoms. The first-order valence-corrected chi connectivity index (χ1v) is 7.93. The number of pyridine rings is 3. The number of amides is 1. The Morgan fingerprint density at radius 1 is 0.885 bits per heavy atom. The Morgan fingerprint density at radius 3 is 2.15 bits per heavy atom. The fraction of sp³-hybridized carbons (Fsp3) is 0. The van der Waals surface area contributed by atoms with Crippen LogP contribution in [0.15, 0.2) is 85.7 Å². The average Bonchev–Trinajstić information content (AvgIpc) is 3.14. The van der Waals surface area contributed by atoms with Gasteiger partial charge in [-0.25, -0.2) is 9.13 Å². The van der Waals surface area contributed by atoms with Gasteiger partial charge in [-0.15, -0.1) is 0 Å². The highest BCUT2D eigenvalue weighted by atomic mass is 16.2. The van der Waals surface area contributed by atoms with Gasteiger partial charge in [0.05, 0.1) is 24.8 Å². The molecule has 4 aromatic rings. The molecular weight excluding hydrogens is 330 g/mol. The number of hydrogen-bond acceptors (Lipinski definition) is 4. The number of nitrogens with one attached hydrogen (secondary N) is 1. The van der Waals surface area contributed by atoms with Crippen molar-refractivity contribution in [3.63, 3.8) is 0 Å². The molecule has 0 saturated heterocycles. The van der Waals surface area contributed by atoms with Crippen LogP contribution in [-0.2, 0) is 0 Å². The molecule has 8 heteroatoms. The highest BCUT2D eigenvalue weighted by molar-refractivity contribution is 5.99. The Labute approximate surface area is 149 Å². The van der Waals surface area contributed by atoms with Gasteiger partial charge in [0.1, 0.15) is 5.10 Å². The van der Waals surface area contributed by atoms with E-state index in [1.54, 1.807) is 33.7 Å². The van der Waals surface area contributed by atoms with E-state index in [0.717, 1.165) is 0 Å². The summed E-state index contributed by atoms with van der Waals surface area (Å²) in [5.41, 5.74) is 3.24. The Morgan fingerprint density at radius 2 is 1.50 bits per heavy atom. The summed E-state index contributed by atoms with van der Waals surface area (Å²) in [7, 11) is 0. The number of carbonyl (C=O) groups is 1. The third-order valence-corrected chi connectivity index (χ3v) is 3.62. The fourth-order valence-electron chi connectivity index (χ4n) is 2.37. The SMILES string of the molecule is O=C(Nn1nc(-[n+]2ccccc2)nc1-[n+]1ccccc1)c1ccncc1. The van der Waals surface area contributed by atoms with E-state index in [2.05, 4.69) is 20.5 Å². The first kappa shape index (κ1) is 15.6. The van der Waals surface area contributed by atoms with E-state index in [9.17, 15) is 4.79 Å². The summed E-state index contributed by atoms with van der Waals surface area (Å²) in [6.45, 7) is 0. The summed E-state index contributed by atoms with van der Waals surface area (Å²) in [5.74, 6) is 0.589. The maximum Gasteiger partial charge on any atom is 0.480 e. The molecule has 8 nitrogen and oxygen atoms in total. The summed E-state index contributed by atoms with van der Waals surface area (Å²) in [6.07, 6.45) is 10.5. The van der Waals surface area contributed by atoms with Crippen LogP contribution in [0.3, 0.4) is 0 Å². The molecule has 0 aliphatic rings. The molecule has 0 aromatic carbocycles. The second kappa shape index (κ2) is 6.89. The molecule has 1 amide bonds. The number of nitrogens with zero attached hydrogens (tertiary/aromatic N) is 6. The van der Waals surface area contributed by atoms with Gasteiger partial charge in [-0.05, 0) is 36.4 Å². The number of aromatic nitrogens is 6. The summed E-state index contributed by atoms with van der Waals surface area (Å²) < 4.78 is 3.54. The van der Waals surface area contributed by atoms with Gasteiger partial charge in [-0.1, -0.05) is 12.1 Å². The van der Waals surface area contributed by atoms with Crippen molar-refractivity contribution in [1.29, 1.82) is 0 Å². The molecule has 0 atom stereocenters. The zero-order valence-corrected chi connectivity index (χ0v) is 13.7. The lowest BCUT2D eigenvalue weighted by atomic mass is 10.3. The van der Waals surface area contributed by atoms with Crippen molar-refractivity contribution in [2.45, 2.75) is 0 Å². The molecule has 126 valence electrons. The van der Waals surface area contributed by atoms with E-state index in [4.69, 9.17) is 0 Å². The number of carbonyl (C=O) groups excluding carboxylic acids is 1. The molecule has 0 bridgehead atoms. The third-order valence-electron chi connectivity index (χ3n) is 3.62. The van der Waals surface area contributed by atoms with Crippen LogP contribution in [0, 0.1) is 0 Å². The van der Waals surface area contributed by atoms with Gasteiger partial charge in [-0.2, -0.15) is 5.43 Å². The van der Waals surface area contributed by atoms with Crippen LogP contribution >= 0.6 is 0 Å². The predicted molar refractivity (Wildman–Crippen MR) is 91.0 cm³/mol. The molecule has 4 rings (SSSR count). The van der Waals surface area contributed by atoms with E-state index in [-0.39, 0.29) is 5.91 Å². The summed E-state index contributed by atoms with van der Waals surface area (Å²) >= 11 is 0. The van der Waals surface area contributed by atoms with Gasteiger partial charge < -0.3 is 0 Å². The first-order chi connectivity index (χ1) is 12.8. The van der Waals surface area contributed by atoms with E-state index in [1.165, 1.54) is 4.79 Å². The van der Waals surface area contributed by atoms with Crippen LogP contribution in [0.1, 0.15) is 10.4 Å². The maximum absolute atomic E-state index is 12.5. The standard InChI is InChI=1S/C18H14N7O/c26-16(15-7-9-19-10-8-15)21-25-18(24-13-5-2-6-14-24)20-17(22-25)23-11-3-1-4-12-23/h1-14H/q+1/p+1. The Bertz CT molecular complexity index is 1020. The van der Waals surface area contributed by atoms with Gasteiger partial charge in [0, 0.05) is 27.7 Å². The Kier molecular flexibility index (Phi) is 4.13. The van der Waals surface area contributed by atoms with Crippen molar-refractivity contribution in [2.75, 3.05) is 5.43 Å². The van der Waals surface area contributed by atoms with Crippen molar-refractivity contribution in [2.24, 2.45) is 0 Å². The molecule has 1 N–H and O–H groups in total. The second-order valence-electron chi connectivity index (χ2n) is 5.37. The smallest absolute Gasteiger partial charge is 0.266 e. The van der Waals surface area contributed by atoms with Gasteiger partial charge in [0.25, 0.3) is 5.91 Å². The highest BCUT2D eigenvalue weighted by Crippen LogP contribution is 2.01. The lowest BCUT2D eigenvalue weighted by Crippen LogP contribution is -2.38. The fourth-order valence-corrected chi connectivity index (χ4v) is 2.37. The van der Waals surface area contributed by atoms with Crippen LogP contribution in [0.2, 0.25) is 0 Å². The molecule has 0 aliphatic carbocycles. The zero-order valence-electron chi connectivity index (χ0n) is 13.7. The topological polar surface area (TPSA) is 80.5 Å². The summed E-state index contributed by atoms with van der Waals surface area (Å²) in [4.78, 5) is 22.3. The quantitative estimate of drug-likeness (QED) is 0.550. The normalized spacial score (nSPS) is 10.5. The van der Waals surface area contributed by atoms with Crippen LogP contribution in [0.25, 0.3) is 11.9 Å². The molecule has 26 heavy (non-hydrogen) atoms. The number of rotatable bonds is 4. The third kappa shape index (κ3) is 3.16. The minimum atomic E-state index is -0.306.